The minimum absolute atomic E-state index is 0.0898. The zero-order valence-corrected chi connectivity index (χ0v) is 10.4. The van der Waals surface area contributed by atoms with E-state index in [0.717, 1.165) is 22.8 Å². The first-order valence-corrected chi connectivity index (χ1v) is 6.10. The van der Waals surface area contributed by atoms with E-state index in [4.69, 9.17) is 0 Å². The van der Waals surface area contributed by atoms with Crippen molar-refractivity contribution in [2.24, 2.45) is 0 Å². The number of rotatable bonds is 4. The van der Waals surface area contributed by atoms with Crippen molar-refractivity contribution in [2.45, 2.75) is 26.3 Å². The number of aromatic nitrogens is 4. The molecule has 6 nitrogen and oxygen atoms in total. The lowest BCUT2D eigenvalue weighted by Crippen LogP contribution is -2.26. The average Bonchev–Trinajstić information content (AvgIpc) is 2.99. The summed E-state index contributed by atoms with van der Waals surface area (Å²) in [5, 5.41) is 13.4. The number of hydrogen-bond acceptors (Lipinski definition) is 5. The van der Waals surface area contributed by atoms with Crippen molar-refractivity contribution in [3.8, 4) is 0 Å². The van der Waals surface area contributed by atoms with Gasteiger partial charge in [0.05, 0.1) is 17.9 Å². The summed E-state index contributed by atoms with van der Waals surface area (Å²) in [5.74, 6) is -0.134. The van der Waals surface area contributed by atoms with Crippen molar-refractivity contribution in [3.05, 3.63) is 28.5 Å². The molecule has 0 fully saturated rings. The summed E-state index contributed by atoms with van der Waals surface area (Å²) in [5.41, 5.74) is 1.68. The molecule has 0 aliphatic carbocycles. The molecule has 17 heavy (non-hydrogen) atoms. The molecule has 2 rings (SSSR count). The molecule has 0 aliphatic rings. The summed E-state index contributed by atoms with van der Waals surface area (Å²) in [6.07, 6.45) is 4.16. The van der Waals surface area contributed by atoms with E-state index in [-0.39, 0.29) is 11.9 Å². The topological polar surface area (TPSA) is 83.6 Å². The van der Waals surface area contributed by atoms with E-state index >= 15 is 0 Å². The number of aryl methyl sites for hydroxylation is 1. The third-order valence-corrected chi connectivity index (χ3v) is 3.23. The first-order valence-electron chi connectivity index (χ1n) is 5.33. The first kappa shape index (κ1) is 11.7. The zero-order valence-electron chi connectivity index (χ0n) is 9.60. The number of aromatic amines is 1. The quantitative estimate of drug-likeness (QED) is 0.858. The van der Waals surface area contributed by atoms with E-state index in [1.807, 2.05) is 13.8 Å². The Labute approximate surface area is 103 Å². The molecule has 0 aliphatic heterocycles. The maximum absolute atomic E-state index is 12.0. The van der Waals surface area contributed by atoms with Gasteiger partial charge in [0.25, 0.3) is 5.91 Å². The lowest BCUT2D eigenvalue weighted by atomic mass is 10.2. The standard InChI is InChI=1S/C10H13N5OS/c1-3-8-9(17-15-14-8)10(16)13-6(2)7-4-11-12-5-7/h4-6H,3H2,1-2H3,(H,11,12)(H,13,16). The highest BCUT2D eigenvalue weighted by Gasteiger charge is 2.17. The van der Waals surface area contributed by atoms with Crippen molar-refractivity contribution >= 4 is 17.4 Å². The van der Waals surface area contributed by atoms with E-state index in [1.54, 1.807) is 12.4 Å². The number of carbonyl (C=O) groups is 1. The monoisotopic (exact) mass is 251 g/mol. The summed E-state index contributed by atoms with van der Waals surface area (Å²) in [4.78, 5) is 12.6. The van der Waals surface area contributed by atoms with E-state index < -0.39 is 0 Å². The summed E-state index contributed by atoms with van der Waals surface area (Å²) >= 11 is 1.12. The van der Waals surface area contributed by atoms with Gasteiger partial charge < -0.3 is 5.32 Å². The van der Waals surface area contributed by atoms with Crippen LogP contribution < -0.4 is 5.32 Å². The molecule has 0 radical (unpaired) electrons. The van der Waals surface area contributed by atoms with Crippen molar-refractivity contribution in [1.29, 1.82) is 0 Å². The third kappa shape index (κ3) is 2.50. The lowest BCUT2D eigenvalue weighted by molar-refractivity contribution is 0.0943. The normalized spacial score (nSPS) is 12.4. The van der Waals surface area contributed by atoms with Crippen molar-refractivity contribution in [1.82, 2.24) is 25.1 Å². The highest BCUT2D eigenvalue weighted by Crippen LogP contribution is 2.14. The van der Waals surface area contributed by atoms with Crippen LogP contribution in [0.25, 0.3) is 0 Å². The van der Waals surface area contributed by atoms with Gasteiger partial charge in [-0.2, -0.15) is 5.10 Å². The smallest absolute Gasteiger partial charge is 0.265 e. The van der Waals surface area contributed by atoms with Gasteiger partial charge in [-0.25, -0.2) is 0 Å². The molecule has 0 saturated heterocycles. The van der Waals surface area contributed by atoms with Crippen LogP contribution >= 0.6 is 11.5 Å². The fourth-order valence-corrected chi connectivity index (χ4v) is 2.11. The van der Waals surface area contributed by atoms with Crippen LogP contribution in [0, 0.1) is 0 Å². The minimum atomic E-state index is -0.134. The Kier molecular flexibility index (Phi) is 3.48. The molecule has 0 saturated carbocycles. The predicted octanol–water partition coefficient (Wildman–Crippen LogP) is 1.31. The van der Waals surface area contributed by atoms with E-state index in [2.05, 4.69) is 25.1 Å². The molecule has 2 heterocycles. The third-order valence-electron chi connectivity index (χ3n) is 2.46. The van der Waals surface area contributed by atoms with Crippen LogP contribution in [-0.4, -0.2) is 25.7 Å². The largest absolute Gasteiger partial charge is 0.345 e. The lowest BCUT2D eigenvalue weighted by Gasteiger charge is -2.10. The second-order valence-corrected chi connectivity index (χ2v) is 4.38. The fourth-order valence-electron chi connectivity index (χ4n) is 1.46. The van der Waals surface area contributed by atoms with Gasteiger partial charge in [-0.15, -0.1) is 5.10 Å². The summed E-state index contributed by atoms with van der Waals surface area (Å²) in [6.45, 7) is 3.86. The Morgan fingerprint density at radius 2 is 2.47 bits per heavy atom. The number of nitrogens with one attached hydrogen (secondary N) is 2. The number of nitrogens with zero attached hydrogens (tertiary/aromatic N) is 3. The molecule has 1 atom stereocenters. The summed E-state index contributed by atoms with van der Waals surface area (Å²) < 4.78 is 3.80. The zero-order chi connectivity index (χ0) is 12.3. The maximum atomic E-state index is 12.0. The Morgan fingerprint density at radius 1 is 1.65 bits per heavy atom. The second kappa shape index (κ2) is 5.05. The highest BCUT2D eigenvalue weighted by molar-refractivity contribution is 7.08. The Hall–Kier alpha value is -1.76. The number of amides is 1. The van der Waals surface area contributed by atoms with Crippen LogP contribution in [0.3, 0.4) is 0 Å². The predicted molar refractivity (Wildman–Crippen MR) is 63.8 cm³/mol. The van der Waals surface area contributed by atoms with Gasteiger partial charge in [0.15, 0.2) is 0 Å². The molecule has 1 unspecified atom stereocenters. The molecule has 1 amide bonds. The molecule has 2 aromatic heterocycles. The molecule has 7 heteroatoms. The molecule has 90 valence electrons. The van der Waals surface area contributed by atoms with E-state index in [1.165, 1.54) is 0 Å². The minimum Gasteiger partial charge on any atom is -0.345 e. The van der Waals surface area contributed by atoms with Crippen molar-refractivity contribution < 1.29 is 4.79 Å². The Morgan fingerprint density at radius 3 is 3.12 bits per heavy atom. The molecule has 2 N–H and O–H groups in total. The maximum Gasteiger partial charge on any atom is 0.265 e. The van der Waals surface area contributed by atoms with Crippen molar-refractivity contribution in [3.63, 3.8) is 0 Å². The number of carbonyl (C=O) groups excluding carboxylic acids is 1. The Bertz CT molecular complexity index is 493. The van der Waals surface area contributed by atoms with Crippen LogP contribution in [0.5, 0.6) is 0 Å². The summed E-state index contributed by atoms with van der Waals surface area (Å²) in [7, 11) is 0. The molecular formula is C10H13N5OS. The average molecular weight is 251 g/mol. The van der Waals surface area contributed by atoms with Gasteiger partial charge in [0.1, 0.15) is 4.88 Å². The van der Waals surface area contributed by atoms with Crippen LogP contribution in [0.4, 0.5) is 0 Å². The van der Waals surface area contributed by atoms with Gasteiger partial charge in [-0.1, -0.05) is 11.4 Å². The van der Waals surface area contributed by atoms with E-state index in [9.17, 15) is 4.79 Å². The first-order chi connectivity index (χ1) is 8.22. The number of hydrogen-bond donors (Lipinski definition) is 2. The molecule has 2 aromatic rings. The van der Waals surface area contributed by atoms with Crippen LogP contribution in [0.2, 0.25) is 0 Å². The van der Waals surface area contributed by atoms with Gasteiger partial charge in [-0.3, -0.25) is 9.89 Å². The van der Waals surface area contributed by atoms with Crippen LogP contribution in [0.15, 0.2) is 12.4 Å². The van der Waals surface area contributed by atoms with Gasteiger partial charge >= 0.3 is 0 Å². The Balaban J connectivity index is 2.07. The van der Waals surface area contributed by atoms with Gasteiger partial charge in [-0.05, 0) is 24.9 Å². The SMILES string of the molecule is CCc1nnsc1C(=O)NC(C)c1cn[nH]c1. The van der Waals surface area contributed by atoms with Gasteiger partial charge in [0.2, 0.25) is 0 Å². The van der Waals surface area contributed by atoms with E-state index in [0.29, 0.717) is 11.3 Å². The molecule has 0 spiro atoms. The molecule has 0 aromatic carbocycles. The highest BCUT2D eigenvalue weighted by atomic mass is 32.1. The number of H-pyrrole nitrogens is 1. The fraction of sp³-hybridized carbons (Fsp3) is 0.400. The van der Waals surface area contributed by atoms with Gasteiger partial charge in [0, 0.05) is 11.8 Å². The summed E-state index contributed by atoms with van der Waals surface area (Å²) in [6, 6.07) is -0.0898. The van der Waals surface area contributed by atoms with Crippen LogP contribution in [0.1, 0.15) is 40.8 Å². The second-order valence-electron chi connectivity index (χ2n) is 3.63. The van der Waals surface area contributed by atoms with Crippen LogP contribution in [-0.2, 0) is 6.42 Å². The molecular weight excluding hydrogens is 238 g/mol. The van der Waals surface area contributed by atoms with Crippen molar-refractivity contribution in [2.75, 3.05) is 0 Å². The molecule has 0 bridgehead atoms.